The van der Waals surface area contributed by atoms with Crippen molar-refractivity contribution in [3.63, 3.8) is 0 Å². The van der Waals surface area contributed by atoms with Gasteiger partial charge in [-0.1, -0.05) is 6.92 Å². The highest BCUT2D eigenvalue weighted by Crippen LogP contribution is 2.32. The van der Waals surface area contributed by atoms with Crippen LogP contribution in [0.5, 0.6) is 5.75 Å². The lowest BCUT2D eigenvalue weighted by Crippen LogP contribution is -2.61. The molecule has 0 amide bonds. The van der Waals surface area contributed by atoms with Gasteiger partial charge in [0.2, 0.25) is 5.75 Å². The molecule has 0 spiro atoms. The second-order valence-corrected chi connectivity index (χ2v) is 4.74. The van der Waals surface area contributed by atoms with Gasteiger partial charge in [0.05, 0.1) is 0 Å². The minimum absolute atomic E-state index is 0.0960. The Labute approximate surface area is 117 Å². The van der Waals surface area contributed by atoms with E-state index in [4.69, 9.17) is 9.47 Å². The second-order valence-electron chi connectivity index (χ2n) is 4.74. The summed E-state index contributed by atoms with van der Waals surface area (Å²) in [5.74, 6) is -0.0641. The highest BCUT2D eigenvalue weighted by molar-refractivity contribution is 5.39. The Kier molecular flexibility index (Phi) is 4.86. The Hall–Kier alpha value is -1.73. The first-order chi connectivity index (χ1) is 9.67. The number of methoxy groups -OCH3 is 1. The van der Waals surface area contributed by atoms with Gasteiger partial charge in [-0.15, -0.1) is 0 Å². The van der Waals surface area contributed by atoms with Crippen LogP contribution in [-0.4, -0.2) is 41.8 Å². The molecule has 7 heteroatoms. The van der Waals surface area contributed by atoms with Gasteiger partial charge >= 0.3 is 5.82 Å². The van der Waals surface area contributed by atoms with Gasteiger partial charge in [0, 0.05) is 19.6 Å². The van der Waals surface area contributed by atoms with Crippen LogP contribution in [-0.2, 0) is 4.74 Å². The molecule has 7 nitrogen and oxygen atoms in total. The topological polar surface area (TPSA) is 86.5 Å². The fraction of sp³-hybridized carbons (Fsp3) is 0.615. The average Bonchev–Trinajstić information content (AvgIpc) is 2.42. The summed E-state index contributed by atoms with van der Waals surface area (Å²) < 4.78 is 11.1. The maximum atomic E-state index is 10.9. The predicted octanol–water partition coefficient (Wildman–Crippen LogP) is 1.52. The Bertz CT molecular complexity index is 469. The molecule has 2 rings (SSSR count). The van der Waals surface area contributed by atoms with Crippen LogP contribution in [0.1, 0.15) is 19.8 Å². The van der Waals surface area contributed by atoms with Crippen LogP contribution in [0.2, 0.25) is 0 Å². The van der Waals surface area contributed by atoms with Crippen molar-refractivity contribution in [1.82, 2.24) is 10.3 Å². The van der Waals surface area contributed by atoms with Gasteiger partial charge in [0.25, 0.3) is 0 Å². The Morgan fingerprint density at radius 1 is 1.60 bits per heavy atom. The first-order valence-corrected chi connectivity index (χ1v) is 6.69. The van der Waals surface area contributed by atoms with Crippen molar-refractivity contribution in [2.75, 3.05) is 13.7 Å². The van der Waals surface area contributed by atoms with Crippen molar-refractivity contribution < 1.29 is 14.4 Å². The third-order valence-corrected chi connectivity index (χ3v) is 3.38. The lowest BCUT2D eigenvalue weighted by molar-refractivity contribution is -0.391. The summed E-state index contributed by atoms with van der Waals surface area (Å²) in [4.78, 5) is 14.1. The minimum Gasteiger partial charge on any atom is -0.479 e. The highest BCUT2D eigenvalue weighted by Gasteiger charge is 2.43. The minimum atomic E-state index is -0.539. The van der Waals surface area contributed by atoms with Gasteiger partial charge in [0.15, 0.2) is 0 Å². The zero-order chi connectivity index (χ0) is 14.5. The maximum absolute atomic E-state index is 10.9. The lowest BCUT2D eigenvalue weighted by Gasteiger charge is -2.43. The zero-order valence-electron chi connectivity index (χ0n) is 11.6. The van der Waals surface area contributed by atoms with E-state index in [0.717, 1.165) is 19.4 Å². The molecule has 1 fully saturated rings. The molecule has 110 valence electrons. The fourth-order valence-corrected chi connectivity index (χ4v) is 2.32. The Balaban J connectivity index is 1.99. The van der Waals surface area contributed by atoms with E-state index in [1.807, 2.05) is 0 Å². The van der Waals surface area contributed by atoms with Crippen molar-refractivity contribution in [3.8, 4) is 5.75 Å². The first kappa shape index (κ1) is 14.7. The van der Waals surface area contributed by atoms with Gasteiger partial charge in [0.1, 0.15) is 18.4 Å². The number of hydrogen-bond acceptors (Lipinski definition) is 6. The second kappa shape index (κ2) is 6.62. The number of rotatable bonds is 7. The van der Waals surface area contributed by atoms with E-state index < -0.39 is 4.92 Å². The highest BCUT2D eigenvalue weighted by atomic mass is 16.6. The molecular weight excluding hydrogens is 262 g/mol. The molecule has 0 radical (unpaired) electrons. The van der Waals surface area contributed by atoms with Crippen molar-refractivity contribution in [2.45, 2.75) is 38.0 Å². The summed E-state index contributed by atoms with van der Waals surface area (Å²) in [5.41, 5.74) is 0. The lowest BCUT2D eigenvalue weighted by atomic mass is 9.85. The number of hydrogen-bond donors (Lipinski definition) is 1. The van der Waals surface area contributed by atoms with Crippen LogP contribution in [0.15, 0.2) is 18.3 Å². The van der Waals surface area contributed by atoms with E-state index in [9.17, 15) is 10.1 Å². The van der Waals surface area contributed by atoms with E-state index >= 15 is 0 Å². The molecule has 1 aliphatic carbocycles. The first-order valence-electron chi connectivity index (χ1n) is 6.69. The zero-order valence-corrected chi connectivity index (χ0v) is 11.6. The predicted molar refractivity (Wildman–Crippen MR) is 72.8 cm³/mol. The van der Waals surface area contributed by atoms with Crippen LogP contribution in [0, 0.1) is 10.1 Å². The summed E-state index contributed by atoms with van der Waals surface area (Å²) in [7, 11) is 1.62. The van der Waals surface area contributed by atoms with E-state index in [1.165, 1.54) is 6.20 Å². The van der Waals surface area contributed by atoms with Gasteiger partial charge < -0.3 is 24.9 Å². The van der Waals surface area contributed by atoms with E-state index in [0.29, 0.717) is 0 Å². The average molecular weight is 281 g/mol. The van der Waals surface area contributed by atoms with Crippen molar-refractivity contribution >= 4 is 5.82 Å². The van der Waals surface area contributed by atoms with Gasteiger partial charge in [-0.2, -0.15) is 0 Å². The molecule has 3 unspecified atom stereocenters. The molecule has 0 saturated heterocycles. The van der Waals surface area contributed by atoms with E-state index in [2.05, 4.69) is 17.2 Å². The molecule has 0 aromatic carbocycles. The molecule has 1 aromatic rings. The van der Waals surface area contributed by atoms with E-state index in [-0.39, 0.29) is 29.8 Å². The fourth-order valence-electron chi connectivity index (χ4n) is 2.32. The summed E-state index contributed by atoms with van der Waals surface area (Å²) in [6.07, 6.45) is 2.92. The summed E-state index contributed by atoms with van der Waals surface area (Å²) in [6, 6.07) is 3.42. The SMILES string of the molecule is CCCNC1CC(Oc2cccnc2[N+](=O)[O-])C1OC. The molecule has 0 bridgehead atoms. The number of ether oxygens (including phenoxy) is 2. The van der Waals surface area contributed by atoms with Crippen LogP contribution in [0.3, 0.4) is 0 Å². The van der Waals surface area contributed by atoms with Gasteiger partial charge in [-0.05, 0) is 35.0 Å². The third-order valence-electron chi connectivity index (χ3n) is 3.38. The summed E-state index contributed by atoms with van der Waals surface area (Å²) >= 11 is 0. The maximum Gasteiger partial charge on any atom is 0.406 e. The monoisotopic (exact) mass is 281 g/mol. The van der Waals surface area contributed by atoms with Crippen LogP contribution in [0.25, 0.3) is 0 Å². The van der Waals surface area contributed by atoms with Gasteiger partial charge in [-0.3, -0.25) is 0 Å². The third kappa shape index (κ3) is 3.05. The quantitative estimate of drug-likeness (QED) is 0.602. The Morgan fingerprint density at radius 3 is 3.05 bits per heavy atom. The molecule has 1 aliphatic rings. The molecule has 1 aromatic heterocycles. The molecule has 1 N–H and O–H groups in total. The number of nitrogens with zero attached hydrogens (tertiary/aromatic N) is 2. The molecule has 1 saturated carbocycles. The number of nitro groups is 1. The molecular formula is C13H19N3O4. The van der Waals surface area contributed by atoms with Crippen molar-refractivity contribution in [3.05, 3.63) is 28.4 Å². The van der Waals surface area contributed by atoms with Crippen molar-refractivity contribution in [1.29, 1.82) is 0 Å². The summed E-state index contributed by atoms with van der Waals surface area (Å²) in [5, 5.41) is 14.3. The van der Waals surface area contributed by atoms with Crippen LogP contribution in [0.4, 0.5) is 5.82 Å². The number of aromatic nitrogens is 1. The van der Waals surface area contributed by atoms with Crippen molar-refractivity contribution in [2.24, 2.45) is 0 Å². The number of pyridine rings is 1. The molecule has 1 heterocycles. The van der Waals surface area contributed by atoms with E-state index in [1.54, 1.807) is 19.2 Å². The largest absolute Gasteiger partial charge is 0.479 e. The normalized spacial score (nSPS) is 25.0. The molecule has 3 atom stereocenters. The molecule has 20 heavy (non-hydrogen) atoms. The summed E-state index contributed by atoms with van der Waals surface area (Å²) in [6.45, 7) is 3.02. The Morgan fingerprint density at radius 2 is 2.40 bits per heavy atom. The number of nitrogens with one attached hydrogen (secondary N) is 1. The molecule has 0 aliphatic heterocycles. The smallest absolute Gasteiger partial charge is 0.406 e. The van der Waals surface area contributed by atoms with Gasteiger partial charge in [-0.25, -0.2) is 0 Å². The van der Waals surface area contributed by atoms with Crippen LogP contribution >= 0.6 is 0 Å². The van der Waals surface area contributed by atoms with Crippen LogP contribution < -0.4 is 10.1 Å². The standard InChI is InChI=1S/C13H19N3O4/c1-3-6-14-9-8-11(12(9)19-2)20-10-5-4-7-15-13(10)16(17)18/h4-5,7,9,11-12,14H,3,6,8H2,1-2H3.